The molecule has 0 aliphatic heterocycles. The molecule has 1 aliphatic rings. The number of amides is 1. The van der Waals surface area contributed by atoms with Gasteiger partial charge in [-0.2, -0.15) is 0 Å². The summed E-state index contributed by atoms with van der Waals surface area (Å²) in [5, 5.41) is 11.5. The summed E-state index contributed by atoms with van der Waals surface area (Å²) in [6.07, 6.45) is 5.64. The first-order valence-corrected chi connectivity index (χ1v) is 6.09. The normalized spacial score (nSPS) is 17.6. The number of hydrogen-bond acceptors (Lipinski definition) is 2. The second-order valence-corrected chi connectivity index (χ2v) is 4.73. The summed E-state index contributed by atoms with van der Waals surface area (Å²) in [6.45, 7) is 2.29. The smallest absolute Gasteiger partial charge is 0.306 e. The number of aliphatic carboxylic acids is 1. The SMILES string of the molecule is CC(CCCNC(=O)CC1CCC1)C(=O)O. The number of carboxylic acid groups (broad SMARTS) is 1. The van der Waals surface area contributed by atoms with Crippen molar-refractivity contribution in [3.63, 3.8) is 0 Å². The zero-order valence-electron chi connectivity index (χ0n) is 9.87. The van der Waals surface area contributed by atoms with Gasteiger partial charge < -0.3 is 10.4 Å². The van der Waals surface area contributed by atoms with Gasteiger partial charge in [0.1, 0.15) is 0 Å². The van der Waals surface area contributed by atoms with E-state index in [0.29, 0.717) is 25.3 Å². The Morgan fingerprint density at radius 3 is 2.62 bits per heavy atom. The lowest BCUT2D eigenvalue weighted by molar-refractivity contribution is -0.141. The van der Waals surface area contributed by atoms with Crippen LogP contribution >= 0.6 is 0 Å². The van der Waals surface area contributed by atoms with E-state index in [4.69, 9.17) is 5.11 Å². The molecular weight excluding hydrogens is 206 g/mol. The molecule has 1 saturated carbocycles. The molecule has 0 aromatic rings. The van der Waals surface area contributed by atoms with Crippen molar-refractivity contribution in [2.45, 2.75) is 45.4 Å². The molecule has 1 amide bonds. The number of carbonyl (C=O) groups is 2. The molecule has 4 heteroatoms. The van der Waals surface area contributed by atoms with Crippen molar-refractivity contribution >= 4 is 11.9 Å². The second kappa shape index (κ2) is 6.51. The van der Waals surface area contributed by atoms with Crippen LogP contribution in [-0.2, 0) is 9.59 Å². The van der Waals surface area contributed by atoms with Crippen molar-refractivity contribution in [3.05, 3.63) is 0 Å². The number of nitrogens with one attached hydrogen (secondary N) is 1. The van der Waals surface area contributed by atoms with Gasteiger partial charge in [0.25, 0.3) is 0 Å². The van der Waals surface area contributed by atoms with Gasteiger partial charge in [0, 0.05) is 13.0 Å². The van der Waals surface area contributed by atoms with Gasteiger partial charge in [-0.25, -0.2) is 0 Å². The molecule has 0 spiro atoms. The molecule has 92 valence electrons. The summed E-state index contributed by atoms with van der Waals surface area (Å²) in [6, 6.07) is 0. The van der Waals surface area contributed by atoms with Crippen LogP contribution < -0.4 is 5.32 Å². The van der Waals surface area contributed by atoms with E-state index >= 15 is 0 Å². The summed E-state index contributed by atoms with van der Waals surface area (Å²) in [5.74, 6) is -0.366. The third-order valence-electron chi connectivity index (χ3n) is 3.26. The van der Waals surface area contributed by atoms with Crippen LogP contribution in [0.4, 0.5) is 0 Å². The molecule has 2 N–H and O–H groups in total. The van der Waals surface area contributed by atoms with E-state index in [1.54, 1.807) is 6.92 Å². The first-order chi connectivity index (χ1) is 7.59. The Hall–Kier alpha value is -1.06. The average molecular weight is 227 g/mol. The van der Waals surface area contributed by atoms with Crippen LogP contribution in [0.5, 0.6) is 0 Å². The lowest BCUT2D eigenvalue weighted by Crippen LogP contribution is -2.28. The van der Waals surface area contributed by atoms with Crippen LogP contribution in [0.15, 0.2) is 0 Å². The van der Waals surface area contributed by atoms with Crippen molar-refractivity contribution in [3.8, 4) is 0 Å². The molecule has 0 radical (unpaired) electrons. The molecule has 1 unspecified atom stereocenters. The highest BCUT2D eigenvalue weighted by atomic mass is 16.4. The van der Waals surface area contributed by atoms with Crippen LogP contribution in [0.2, 0.25) is 0 Å². The monoisotopic (exact) mass is 227 g/mol. The van der Waals surface area contributed by atoms with Gasteiger partial charge in [0.15, 0.2) is 0 Å². The Kier molecular flexibility index (Phi) is 5.29. The highest BCUT2D eigenvalue weighted by Gasteiger charge is 2.20. The van der Waals surface area contributed by atoms with Gasteiger partial charge in [-0.1, -0.05) is 13.3 Å². The maximum Gasteiger partial charge on any atom is 0.306 e. The minimum Gasteiger partial charge on any atom is -0.481 e. The highest BCUT2D eigenvalue weighted by Crippen LogP contribution is 2.28. The Labute approximate surface area is 96.4 Å². The predicted octanol–water partition coefficient (Wildman–Crippen LogP) is 1.79. The van der Waals surface area contributed by atoms with E-state index < -0.39 is 5.97 Å². The minimum atomic E-state index is -0.763. The first-order valence-electron chi connectivity index (χ1n) is 6.09. The summed E-state index contributed by atoms with van der Waals surface area (Å²) < 4.78 is 0. The summed E-state index contributed by atoms with van der Waals surface area (Å²) >= 11 is 0. The van der Waals surface area contributed by atoms with Gasteiger partial charge in [-0.15, -0.1) is 0 Å². The summed E-state index contributed by atoms with van der Waals surface area (Å²) in [4.78, 5) is 21.9. The lowest BCUT2D eigenvalue weighted by Gasteiger charge is -2.24. The third kappa shape index (κ3) is 4.64. The molecule has 1 atom stereocenters. The van der Waals surface area contributed by atoms with Gasteiger partial charge >= 0.3 is 5.97 Å². The quantitative estimate of drug-likeness (QED) is 0.652. The summed E-state index contributed by atoms with van der Waals surface area (Å²) in [5.41, 5.74) is 0. The molecule has 4 nitrogen and oxygen atoms in total. The predicted molar refractivity (Wildman–Crippen MR) is 61.0 cm³/mol. The third-order valence-corrected chi connectivity index (χ3v) is 3.26. The Bertz CT molecular complexity index is 249. The largest absolute Gasteiger partial charge is 0.481 e. The van der Waals surface area contributed by atoms with E-state index in [2.05, 4.69) is 5.32 Å². The fraction of sp³-hybridized carbons (Fsp3) is 0.833. The fourth-order valence-electron chi connectivity index (χ4n) is 1.79. The molecule has 0 bridgehead atoms. The van der Waals surface area contributed by atoms with Crippen molar-refractivity contribution < 1.29 is 14.7 Å². The number of carbonyl (C=O) groups excluding carboxylic acids is 1. The standard InChI is InChI=1S/C12H21NO3/c1-9(12(15)16)4-3-7-13-11(14)8-10-5-2-6-10/h9-10H,2-8H2,1H3,(H,13,14)(H,15,16). The maximum atomic E-state index is 11.4. The molecule has 1 rings (SSSR count). The number of hydrogen-bond donors (Lipinski definition) is 2. The van der Waals surface area contributed by atoms with Crippen molar-refractivity contribution in [2.75, 3.05) is 6.54 Å². The molecule has 0 aromatic heterocycles. The van der Waals surface area contributed by atoms with E-state index in [-0.39, 0.29) is 11.8 Å². The average Bonchev–Trinajstić information content (AvgIpc) is 2.18. The Balaban J connectivity index is 1.97. The van der Waals surface area contributed by atoms with Crippen LogP contribution in [0.3, 0.4) is 0 Å². The molecule has 16 heavy (non-hydrogen) atoms. The van der Waals surface area contributed by atoms with Gasteiger partial charge in [0.05, 0.1) is 5.92 Å². The van der Waals surface area contributed by atoms with E-state index in [9.17, 15) is 9.59 Å². The van der Waals surface area contributed by atoms with Crippen molar-refractivity contribution in [1.82, 2.24) is 5.32 Å². The van der Waals surface area contributed by atoms with Crippen molar-refractivity contribution in [1.29, 1.82) is 0 Å². The first kappa shape index (κ1) is 13.0. The van der Waals surface area contributed by atoms with E-state index in [1.807, 2.05) is 0 Å². The Morgan fingerprint density at radius 2 is 2.12 bits per heavy atom. The second-order valence-electron chi connectivity index (χ2n) is 4.73. The zero-order valence-corrected chi connectivity index (χ0v) is 9.87. The Morgan fingerprint density at radius 1 is 1.44 bits per heavy atom. The van der Waals surface area contributed by atoms with E-state index in [0.717, 1.165) is 6.42 Å². The number of carboxylic acids is 1. The molecular formula is C12H21NO3. The van der Waals surface area contributed by atoms with Crippen LogP contribution in [0, 0.1) is 11.8 Å². The molecule has 0 saturated heterocycles. The minimum absolute atomic E-state index is 0.118. The molecule has 0 aromatic carbocycles. The van der Waals surface area contributed by atoms with Crippen LogP contribution in [0.1, 0.15) is 45.4 Å². The molecule has 0 heterocycles. The zero-order chi connectivity index (χ0) is 12.0. The number of rotatable bonds is 7. The van der Waals surface area contributed by atoms with Gasteiger partial charge in [0.2, 0.25) is 5.91 Å². The molecule has 1 fully saturated rings. The van der Waals surface area contributed by atoms with Gasteiger partial charge in [-0.3, -0.25) is 9.59 Å². The van der Waals surface area contributed by atoms with Crippen LogP contribution in [0.25, 0.3) is 0 Å². The van der Waals surface area contributed by atoms with E-state index in [1.165, 1.54) is 19.3 Å². The van der Waals surface area contributed by atoms with Gasteiger partial charge in [-0.05, 0) is 31.6 Å². The molecule has 1 aliphatic carbocycles. The highest BCUT2D eigenvalue weighted by molar-refractivity contribution is 5.76. The van der Waals surface area contributed by atoms with Crippen LogP contribution in [-0.4, -0.2) is 23.5 Å². The lowest BCUT2D eigenvalue weighted by atomic mass is 9.83. The topological polar surface area (TPSA) is 66.4 Å². The summed E-state index contributed by atoms with van der Waals surface area (Å²) in [7, 11) is 0. The fourth-order valence-corrected chi connectivity index (χ4v) is 1.79. The van der Waals surface area contributed by atoms with Crippen molar-refractivity contribution in [2.24, 2.45) is 11.8 Å². The maximum absolute atomic E-state index is 11.4.